The predicted octanol–water partition coefficient (Wildman–Crippen LogP) is 12.2. The fourth-order valence-corrected chi connectivity index (χ4v) is 6.47. The minimum Gasteiger partial charge on any atom is -0.387 e. The average molecular weight is 789 g/mol. The lowest BCUT2D eigenvalue weighted by Gasteiger charge is -2.23. The van der Waals surface area contributed by atoms with E-state index in [0.29, 0.717) is 6.42 Å². The second-order valence-electron chi connectivity index (χ2n) is 14.2. The molecule has 8 nitrogen and oxygen atoms in total. The quantitative estimate of drug-likeness (QED) is 0.0277. The van der Waals surface area contributed by atoms with Crippen LogP contribution in [0.4, 0.5) is 0 Å². The van der Waals surface area contributed by atoms with Crippen molar-refractivity contribution in [3.8, 4) is 0 Å². The number of aliphatic hydroxyl groups is 1. The third-order valence-corrected chi connectivity index (χ3v) is 9.94. The molecule has 0 aliphatic rings. The van der Waals surface area contributed by atoms with E-state index in [9.17, 15) is 19.4 Å². The molecule has 5 N–H and O–H groups in total. The van der Waals surface area contributed by atoms with Crippen molar-refractivity contribution >= 4 is 13.7 Å². The second-order valence-corrected chi connectivity index (χ2v) is 15.6. The number of carbonyl (C=O) groups excluding carboxylic acids is 1. The molecular weight excluding hydrogens is 707 g/mol. The molecule has 0 aliphatic heterocycles. The van der Waals surface area contributed by atoms with Crippen molar-refractivity contribution in [1.29, 1.82) is 0 Å². The molecule has 0 bridgehead atoms. The lowest BCUT2D eigenvalue weighted by Crippen LogP contribution is -2.45. The van der Waals surface area contributed by atoms with Crippen LogP contribution in [0.25, 0.3) is 0 Å². The summed E-state index contributed by atoms with van der Waals surface area (Å²) < 4.78 is 22.1. The summed E-state index contributed by atoms with van der Waals surface area (Å²) in [6.45, 7) is 3.94. The van der Waals surface area contributed by atoms with Gasteiger partial charge in [0.2, 0.25) is 5.91 Å². The van der Waals surface area contributed by atoms with Crippen LogP contribution in [0.15, 0.2) is 85.1 Å². The zero-order chi connectivity index (χ0) is 40.3. The minimum absolute atomic E-state index is 0.0607. The van der Waals surface area contributed by atoms with Crippen LogP contribution in [0, 0.1) is 0 Å². The molecule has 1 amide bonds. The van der Waals surface area contributed by atoms with Gasteiger partial charge in [-0.25, -0.2) is 4.57 Å². The predicted molar refractivity (Wildman–Crippen MR) is 235 cm³/mol. The molecule has 3 unspecified atom stereocenters. The van der Waals surface area contributed by atoms with Crippen LogP contribution in [0.2, 0.25) is 0 Å². The van der Waals surface area contributed by atoms with Crippen molar-refractivity contribution in [1.82, 2.24) is 5.32 Å². The Balaban J connectivity index is 4.39. The van der Waals surface area contributed by atoms with Crippen LogP contribution < -0.4 is 11.1 Å². The molecule has 0 aromatic rings. The van der Waals surface area contributed by atoms with E-state index < -0.39 is 20.0 Å². The molecule has 0 spiro atoms. The molecule has 55 heavy (non-hydrogen) atoms. The van der Waals surface area contributed by atoms with E-state index in [1.165, 1.54) is 83.5 Å². The number of aliphatic hydroxyl groups excluding tert-OH is 1. The average Bonchev–Trinajstić information content (AvgIpc) is 3.17. The Kier molecular flexibility index (Phi) is 39.6. The maximum absolute atomic E-state index is 12.7. The molecule has 0 radical (unpaired) electrons. The van der Waals surface area contributed by atoms with E-state index in [1.807, 2.05) is 6.08 Å². The van der Waals surface area contributed by atoms with Crippen molar-refractivity contribution in [3.05, 3.63) is 85.1 Å². The standard InChI is InChI=1S/C46H81N2O6P/c1-3-5-7-9-11-13-15-17-19-21-22-24-25-27-29-31-33-35-37-39-45(49)44(43-54-55(51,52)53-42-41-47)48-46(50)40-38-36-34-32-30-28-26-23-20-18-16-14-12-10-8-6-4-2/h6,8,12,14,18,20,26,28-29,31-32,34,37,39,44-45,49H,3-5,7,9-11,13,15-17,19,21-25,27,30,33,35-36,38,40-43,47H2,1-2H3,(H,48,50)(H,51,52)/b8-6-,14-12-,20-18-,28-26-,31-29+,34-32-,39-37+. The molecule has 3 atom stereocenters. The van der Waals surface area contributed by atoms with Crippen molar-refractivity contribution in [3.63, 3.8) is 0 Å². The molecule has 0 aromatic heterocycles. The maximum Gasteiger partial charge on any atom is 0.472 e. The van der Waals surface area contributed by atoms with Gasteiger partial charge in [-0.2, -0.15) is 0 Å². The van der Waals surface area contributed by atoms with E-state index in [2.05, 4.69) is 92.1 Å². The van der Waals surface area contributed by atoms with Crippen LogP contribution in [-0.4, -0.2) is 47.8 Å². The molecule has 0 rings (SSSR count). The first-order valence-corrected chi connectivity index (χ1v) is 23.2. The summed E-state index contributed by atoms with van der Waals surface area (Å²) >= 11 is 0. The molecule has 0 heterocycles. The molecule has 9 heteroatoms. The fourth-order valence-electron chi connectivity index (χ4n) is 5.71. The van der Waals surface area contributed by atoms with E-state index in [4.69, 9.17) is 14.8 Å². The molecule has 0 aliphatic carbocycles. The van der Waals surface area contributed by atoms with Gasteiger partial charge in [0.15, 0.2) is 0 Å². The number of nitrogens with one attached hydrogen (secondary N) is 1. The third kappa shape index (κ3) is 39.7. The number of unbranched alkanes of at least 4 members (excludes halogenated alkanes) is 15. The lowest BCUT2D eigenvalue weighted by atomic mass is 10.0. The SMILES string of the molecule is CC/C=C\C/C=C\C/C=C\C/C=C\C/C=C\CCCC(=O)NC(COP(=O)(O)OCCN)C(O)/C=C/CC/C=C/CCCCCCCCCCCCCCC. The minimum atomic E-state index is -4.37. The molecule has 0 saturated carbocycles. The monoisotopic (exact) mass is 789 g/mol. The van der Waals surface area contributed by atoms with E-state index in [0.717, 1.165) is 57.8 Å². The number of phosphoric ester groups is 1. The second kappa shape index (κ2) is 41.3. The highest BCUT2D eigenvalue weighted by atomic mass is 31.2. The number of rotatable bonds is 39. The summed E-state index contributed by atoms with van der Waals surface area (Å²) in [5, 5.41) is 13.6. The number of carbonyl (C=O) groups is 1. The van der Waals surface area contributed by atoms with Gasteiger partial charge in [-0.1, -0.05) is 176 Å². The van der Waals surface area contributed by atoms with Gasteiger partial charge in [-0.15, -0.1) is 0 Å². The summed E-state index contributed by atoms with van der Waals surface area (Å²) in [5.74, 6) is -0.264. The fraction of sp³-hybridized carbons (Fsp3) is 0.674. The van der Waals surface area contributed by atoms with Gasteiger partial charge in [0.1, 0.15) is 0 Å². The first kappa shape index (κ1) is 52.7. The highest BCUT2D eigenvalue weighted by Gasteiger charge is 2.26. The summed E-state index contributed by atoms with van der Waals surface area (Å²) in [5.41, 5.74) is 5.36. The first-order valence-electron chi connectivity index (χ1n) is 21.7. The number of amides is 1. The lowest BCUT2D eigenvalue weighted by molar-refractivity contribution is -0.122. The smallest absolute Gasteiger partial charge is 0.387 e. The number of allylic oxidation sites excluding steroid dienone is 13. The van der Waals surface area contributed by atoms with E-state index >= 15 is 0 Å². The Morgan fingerprint density at radius 2 is 1.07 bits per heavy atom. The topological polar surface area (TPSA) is 131 Å². The normalized spacial score (nSPS) is 14.9. The van der Waals surface area contributed by atoms with Crippen LogP contribution >= 0.6 is 7.82 Å². The Morgan fingerprint density at radius 3 is 1.62 bits per heavy atom. The van der Waals surface area contributed by atoms with Crippen molar-refractivity contribution < 1.29 is 28.4 Å². The summed E-state index contributed by atoms with van der Waals surface area (Å²) in [4.78, 5) is 22.7. The molecule has 316 valence electrons. The molecule has 0 saturated heterocycles. The number of hydrogen-bond donors (Lipinski definition) is 4. The van der Waals surface area contributed by atoms with Crippen molar-refractivity contribution in [2.24, 2.45) is 5.73 Å². The van der Waals surface area contributed by atoms with Gasteiger partial charge < -0.3 is 21.1 Å². The molecule has 0 aromatic carbocycles. The van der Waals surface area contributed by atoms with Gasteiger partial charge in [0.25, 0.3) is 0 Å². The van der Waals surface area contributed by atoms with Gasteiger partial charge >= 0.3 is 7.82 Å². The largest absolute Gasteiger partial charge is 0.472 e. The van der Waals surface area contributed by atoms with E-state index in [-0.39, 0.29) is 32.1 Å². The Morgan fingerprint density at radius 1 is 0.618 bits per heavy atom. The Labute approximate surface area is 337 Å². The summed E-state index contributed by atoms with van der Waals surface area (Å²) in [6, 6.07) is -0.912. The van der Waals surface area contributed by atoms with Crippen molar-refractivity contribution in [2.75, 3.05) is 19.8 Å². The highest BCUT2D eigenvalue weighted by molar-refractivity contribution is 7.47. The summed E-state index contributed by atoms with van der Waals surface area (Å²) in [7, 11) is -4.37. The highest BCUT2D eigenvalue weighted by Crippen LogP contribution is 2.43. The van der Waals surface area contributed by atoms with Crippen LogP contribution in [-0.2, 0) is 18.4 Å². The first-order chi connectivity index (χ1) is 26.9. The molecular formula is C46H81N2O6P. The van der Waals surface area contributed by atoms with E-state index in [1.54, 1.807) is 6.08 Å². The maximum atomic E-state index is 12.7. The van der Waals surface area contributed by atoms with Crippen molar-refractivity contribution in [2.45, 2.75) is 180 Å². The van der Waals surface area contributed by atoms with Crippen LogP contribution in [0.3, 0.4) is 0 Å². The van der Waals surface area contributed by atoms with Gasteiger partial charge in [-0.05, 0) is 70.6 Å². The zero-order valence-electron chi connectivity index (χ0n) is 34.9. The van der Waals surface area contributed by atoms with Gasteiger partial charge in [0, 0.05) is 13.0 Å². The molecule has 0 fully saturated rings. The van der Waals surface area contributed by atoms with Gasteiger partial charge in [-0.3, -0.25) is 13.8 Å². The third-order valence-electron chi connectivity index (χ3n) is 8.95. The number of phosphoric acid groups is 1. The number of nitrogens with two attached hydrogens (primary N) is 1. The van der Waals surface area contributed by atoms with Crippen LogP contribution in [0.1, 0.15) is 168 Å². The number of hydrogen-bond acceptors (Lipinski definition) is 6. The Bertz CT molecular complexity index is 1130. The summed E-state index contributed by atoms with van der Waals surface area (Å²) in [6.07, 6.45) is 55.0. The van der Waals surface area contributed by atoms with Crippen LogP contribution in [0.5, 0.6) is 0 Å². The zero-order valence-corrected chi connectivity index (χ0v) is 35.8. The van der Waals surface area contributed by atoms with Gasteiger partial charge in [0.05, 0.1) is 25.4 Å². The Hall–Kier alpha value is -2.32.